The van der Waals surface area contributed by atoms with Gasteiger partial charge >= 0.3 is 0 Å². The topological polar surface area (TPSA) is 63.2 Å². The lowest BCUT2D eigenvalue weighted by atomic mass is 10.0. The van der Waals surface area contributed by atoms with Gasteiger partial charge in [0, 0.05) is 11.9 Å². The lowest BCUT2D eigenvalue weighted by Gasteiger charge is -2.14. The van der Waals surface area contributed by atoms with Crippen LogP contribution in [-0.4, -0.2) is 18.0 Å². The predicted molar refractivity (Wildman–Crippen MR) is 109 cm³/mol. The Labute approximate surface area is 159 Å². The summed E-state index contributed by atoms with van der Waals surface area (Å²) in [6.07, 6.45) is 3.25. The van der Waals surface area contributed by atoms with Crippen molar-refractivity contribution in [3.63, 3.8) is 0 Å². The van der Waals surface area contributed by atoms with Crippen molar-refractivity contribution in [2.45, 2.75) is 20.8 Å². The van der Waals surface area contributed by atoms with E-state index in [0.29, 0.717) is 17.0 Å². The third-order valence-corrected chi connectivity index (χ3v) is 4.30. The summed E-state index contributed by atoms with van der Waals surface area (Å²) in [6.45, 7) is 6.20. The number of carbonyl (C=O) groups excluding carboxylic acids is 1. The van der Waals surface area contributed by atoms with Crippen molar-refractivity contribution in [1.29, 1.82) is 0 Å². The molecule has 2 aromatic carbocycles. The quantitative estimate of drug-likeness (QED) is 0.670. The van der Waals surface area contributed by atoms with Crippen LogP contribution in [0.25, 0.3) is 0 Å². The molecule has 5 heteroatoms. The van der Waals surface area contributed by atoms with Crippen LogP contribution in [0.3, 0.4) is 0 Å². The molecule has 0 aliphatic carbocycles. The summed E-state index contributed by atoms with van der Waals surface area (Å²) in [7, 11) is 1.57. The molecule has 0 atom stereocenters. The van der Waals surface area contributed by atoms with Gasteiger partial charge in [-0.25, -0.2) is 0 Å². The van der Waals surface area contributed by atoms with Gasteiger partial charge in [0.2, 0.25) is 0 Å². The van der Waals surface area contributed by atoms with E-state index < -0.39 is 0 Å². The lowest BCUT2D eigenvalue weighted by molar-refractivity contribution is 0.102. The number of nitrogens with zero attached hydrogens (tertiary/aromatic N) is 1. The fourth-order valence-electron chi connectivity index (χ4n) is 3.10. The highest BCUT2D eigenvalue weighted by Crippen LogP contribution is 2.27. The molecule has 3 aromatic rings. The number of aromatic nitrogens is 1. The summed E-state index contributed by atoms with van der Waals surface area (Å²) in [5.41, 5.74) is 6.40. The SMILES string of the molecule is COc1ccccc1NC(=O)c1cncc(Nc2c(C)cc(C)cc2C)c1. The average Bonchev–Trinajstić information content (AvgIpc) is 2.65. The minimum atomic E-state index is -0.243. The second kappa shape index (κ2) is 7.91. The molecule has 0 saturated carbocycles. The second-order valence-electron chi connectivity index (χ2n) is 6.52. The van der Waals surface area contributed by atoms with Crippen LogP contribution >= 0.6 is 0 Å². The number of nitrogens with one attached hydrogen (secondary N) is 2. The number of anilines is 3. The number of amides is 1. The molecule has 0 radical (unpaired) electrons. The molecule has 0 unspecified atom stereocenters. The molecule has 138 valence electrons. The largest absolute Gasteiger partial charge is 0.495 e. The number of carbonyl (C=O) groups is 1. The van der Waals surface area contributed by atoms with E-state index in [0.717, 1.165) is 22.5 Å². The zero-order valence-electron chi connectivity index (χ0n) is 16.0. The third kappa shape index (κ3) is 4.26. The molecular weight excluding hydrogens is 338 g/mol. The number of para-hydroxylation sites is 2. The smallest absolute Gasteiger partial charge is 0.257 e. The Kier molecular flexibility index (Phi) is 5.41. The summed E-state index contributed by atoms with van der Waals surface area (Å²) in [4.78, 5) is 16.8. The van der Waals surface area contributed by atoms with Crippen LogP contribution in [0.5, 0.6) is 5.75 Å². The average molecular weight is 361 g/mol. The zero-order chi connectivity index (χ0) is 19.4. The second-order valence-corrected chi connectivity index (χ2v) is 6.52. The highest BCUT2D eigenvalue weighted by molar-refractivity contribution is 6.05. The van der Waals surface area contributed by atoms with Gasteiger partial charge < -0.3 is 15.4 Å². The molecule has 1 heterocycles. The number of aryl methyl sites for hydroxylation is 3. The fraction of sp³-hybridized carbons (Fsp3) is 0.182. The van der Waals surface area contributed by atoms with E-state index in [1.165, 1.54) is 5.56 Å². The van der Waals surface area contributed by atoms with Gasteiger partial charge in [-0.05, 0) is 50.1 Å². The maximum Gasteiger partial charge on any atom is 0.257 e. The van der Waals surface area contributed by atoms with Gasteiger partial charge in [0.25, 0.3) is 5.91 Å². The Morgan fingerprint density at radius 1 is 1.00 bits per heavy atom. The van der Waals surface area contributed by atoms with E-state index in [1.807, 2.05) is 12.1 Å². The molecule has 3 rings (SSSR count). The van der Waals surface area contributed by atoms with Crippen LogP contribution in [0.4, 0.5) is 17.1 Å². The summed E-state index contributed by atoms with van der Waals surface area (Å²) < 4.78 is 5.28. The summed E-state index contributed by atoms with van der Waals surface area (Å²) in [6, 6.07) is 13.3. The fourth-order valence-corrected chi connectivity index (χ4v) is 3.10. The maximum absolute atomic E-state index is 12.6. The van der Waals surface area contributed by atoms with Gasteiger partial charge in [-0.2, -0.15) is 0 Å². The summed E-state index contributed by atoms with van der Waals surface area (Å²) in [5, 5.41) is 6.25. The molecule has 0 bridgehead atoms. The molecule has 27 heavy (non-hydrogen) atoms. The number of hydrogen-bond acceptors (Lipinski definition) is 4. The van der Waals surface area contributed by atoms with E-state index in [-0.39, 0.29) is 5.91 Å². The number of hydrogen-bond donors (Lipinski definition) is 2. The van der Waals surface area contributed by atoms with E-state index in [2.05, 4.69) is 48.5 Å². The maximum atomic E-state index is 12.6. The van der Waals surface area contributed by atoms with Crippen LogP contribution in [0.2, 0.25) is 0 Å². The minimum absolute atomic E-state index is 0.243. The van der Waals surface area contributed by atoms with Crippen molar-refractivity contribution >= 4 is 23.0 Å². The normalized spacial score (nSPS) is 10.4. The van der Waals surface area contributed by atoms with Crippen LogP contribution < -0.4 is 15.4 Å². The first-order valence-corrected chi connectivity index (χ1v) is 8.72. The van der Waals surface area contributed by atoms with Crippen LogP contribution in [0.15, 0.2) is 54.9 Å². The van der Waals surface area contributed by atoms with Gasteiger partial charge in [0.05, 0.1) is 30.2 Å². The van der Waals surface area contributed by atoms with Crippen molar-refractivity contribution in [2.75, 3.05) is 17.7 Å². The highest BCUT2D eigenvalue weighted by atomic mass is 16.5. The summed E-state index contributed by atoms with van der Waals surface area (Å²) in [5.74, 6) is 0.368. The number of benzene rings is 2. The van der Waals surface area contributed by atoms with Gasteiger partial charge in [-0.15, -0.1) is 0 Å². The van der Waals surface area contributed by atoms with Crippen LogP contribution in [0.1, 0.15) is 27.0 Å². The van der Waals surface area contributed by atoms with E-state index in [4.69, 9.17) is 4.74 Å². The zero-order valence-corrected chi connectivity index (χ0v) is 16.0. The summed E-state index contributed by atoms with van der Waals surface area (Å²) >= 11 is 0. The first kappa shape index (κ1) is 18.5. The Morgan fingerprint density at radius 2 is 1.70 bits per heavy atom. The Balaban J connectivity index is 1.82. The molecule has 1 aromatic heterocycles. The molecule has 0 fully saturated rings. The van der Waals surface area contributed by atoms with Crippen molar-refractivity contribution in [3.05, 3.63) is 77.1 Å². The molecule has 0 aliphatic rings. The monoisotopic (exact) mass is 361 g/mol. The van der Waals surface area contributed by atoms with Gasteiger partial charge in [0.15, 0.2) is 0 Å². The minimum Gasteiger partial charge on any atom is -0.495 e. The number of methoxy groups -OCH3 is 1. The number of pyridine rings is 1. The first-order chi connectivity index (χ1) is 13.0. The number of ether oxygens (including phenoxy) is 1. The van der Waals surface area contributed by atoms with E-state index in [9.17, 15) is 4.79 Å². The van der Waals surface area contributed by atoms with Gasteiger partial charge in [-0.3, -0.25) is 9.78 Å². The van der Waals surface area contributed by atoms with E-state index >= 15 is 0 Å². The predicted octanol–water partition coefficient (Wildman–Crippen LogP) is 5.01. The van der Waals surface area contributed by atoms with Crippen LogP contribution in [0, 0.1) is 20.8 Å². The molecule has 1 amide bonds. The molecule has 0 aliphatic heterocycles. The Bertz CT molecular complexity index is 960. The lowest BCUT2D eigenvalue weighted by Crippen LogP contribution is -2.13. The molecule has 0 saturated heterocycles. The first-order valence-electron chi connectivity index (χ1n) is 8.72. The molecule has 2 N–H and O–H groups in total. The van der Waals surface area contributed by atoms with Crippen molar-refractivity contribution in [2.24, 2.45) is 0 Å². The molecule has 5 nitrogen and oxygen atoms in total. The highest BCUT2D eigenvalue weighted by Gasteiger charge is 2.11. The van der Waals surface area contributed by atoms with Crippen molar-refractivity contribution in [3.8, 4) is 5.75 Å². The third-order valence-electron chi connectivity index (χ3n) is 4.30. The van der Waals surface area contributed by atoms with E-state index in [1.54, 1.807) is 37.7 Å². The standard InChI is InChI=1S/C22H23N3O2/c1-14-9-15(2)21(16(3)10-14)24-18-11-17(12-23-13-18)22(26)25-19-7-5-6-8-20(19)27-4/h5-13,24H,1-4H3,(H,25,26). The van der Waals surface area contributed by atoms with Gasteiger partial charge in [0.1, 0.15) is 5.75 Å². The Morgan fingerprint density at radius 3 is 2.41 bits per heavy atom. The number of rotatable bonds is 5. The Hall–Kier alpha value is -3.34. The molecular formula is C22H23N3O2. The van der Waals surface area contributed by atoms with Crippen molar-refractivity contribution < 1.29 is 9.53 Å². The molecule has 0 spiro atoms. The van der Waals surface area contributed by atoms with Gasteiger partial charge in [-0.1, -0.05) is 29.8 Å². The van der Waals surface area contributed by atoms with Crippen LogP contribution in [-0.2, 0) is 0 Å². The van der Waals surface area contributed by atoms with Crippen molar-refractivity contribution in [1.82, 2.24) is 4.98 Å².